The summed E-state index contributed by atoms with van der Waals surface area (Å²) in [7, 11) is 0. The van der Waals surface area contributed by atoms with Crippen LogP contribution in [0.5, 0.6) is 0 Å². The zero-order valence-electron chi connectivity index (χ0n) is 19.5. The fourth-order valence-electron chi connectivity index (χ4n) is 6.07. The number of aliphatic hydroxyl groups excluding tert-OH is 1. The van der Waals surface area contributed by atoms with Gasteiger partial charge in [-0.1, -0.05) is 30.3 Å². The minimum Gasteiger partial charge on any atom is -0.483 e. The highest BCUT2D eigenvalue weighted by Crippen LogP contribution is 2.43. The molecule has 0 radical (unpaired) electrons. The summed E-state index contributed by atoms with van der Waals surface area (Å²) in [6, 6.07) is 12.5. The molecule has 4 bridgehead atoms. The van der Waals surface area contributed by atoms with Gasteiger partial charge >= 0.3 is 0 Å². The number of rotatable bonds is 5. The summed E-state index contributed by atoms with van der Waals surface area (Å²) >= 11 is 0. The molecule has 3 N–H and O–H groups in total. The Bertz CT molecular complexity index is 1180. The molecule has 0 spiro atoms. The van der Waals surface area contributed by atoms with Crippen molar-refractivity contribution < 1.29 is 19.8 Å². The maximum atomic E-state index is 13.4. The maximum Gasteiger partial charge on any atom is 0.290 e. The Kier molecular flexibility index (Phi) is 6.50. The van der Waals surface area contributed by atoms with E-state index in [1.807, 2.05) is 6.20 Å². The summed E-state index contributed by atoms with van der Waals surface area (Å²) in [5.74, 6) is 0.242. The van der Waals surface area contributed by atoms with Gasteiger partial charge in [0.2, 0.25) is 0 Å². The largest absolute Gasteiger partial charge is 0.483 e. The standard InChI is InChI=1S/C24H28N6O2.CH2O2/c31-9-6-17-11-25-21-10-20(27-30(21)12-17)23(32)26-22-18-13-28-7-8-29(14-18)16-24(22,15-28)19-4-2-1-3-5-19;2-1-3/h1-5,10-12,18,22,31H,6-9,13-16H2,(H,26,32);1H,(H,2,3). The average Bonchev–Trinajstić information content (AvgIpc) is 3.13. The Hall–Kier alpha value is -3.34. The molecule has 35 heavy (non-hydrogen) atoms. The molecule has 0 aliphatic carbocycles. The van der Waals surface area contributed by atoms with E-state index in [2.05, 4.69) is 55.5 Å². The van der Waals surface area contributed by atoms with E-state index in [4.69, 9.17) is 9.90 Å². The van der Waals surface area contributed by atoms with Crippen LogP contribution in [0, 0.1) is 5.92 Å². The summed E-state index contributed by atoms with van der Waals surface area (Å²) < 4.78 is 1.63. The van der Waals surface area contributed by atoms with E-state index in [0.29, 0.717) is 23.7 Å². The van der Waals surface area contributed by atoms with Crippen molar-refractivity contribution in [3.63, 3.8) is 0 Å². The second-order valence-electron chi connectivity index (χ2n) is 9.58. The molecule has 7 rings (SSSR count). The van der Waals surface area contributed by atoms with Crippen molar-refractivity contribution in [2.45, 2.75) is 17.9 Å². The summed E-state index contributed by atoms with van der Waals surface area (Å²) in [6.45, 7) is 5.97. The Labute approximate surface area is 203 Å². The van der Waals surface area contributed by atoms with Crippen molar-refractivity contribution in [1.29, 1.82) is 0 Å². The topological polar surface area (TPSA) is 123 Å². The fraction of sp³-hybridized carbons (Fsp3) is 0.440. The van der Waals surface area contributed by atoms with Gasteiger partial charge in [0.05, 0.1) is 0 Å². The third-order valence-corrected chi connectivity index (χ3v) is 7.43. The highest BCUT2D eigenvalue weighted by molar-refractivity contribution is 5.93. The van der Waals surface area contributed by atoms with Gasteiger partial charge in [-0.2, -0.15) is 5.10 Å². The number of piperidine rings is 2. The Balaban J connectivity index is 0.000000806. The zero-order valence-corrected chi connectivity index (χ0v) is 19.5. The van der Waals surface area contributed by atoms with Crippen molar-refractivity contribution >= 4 is 18.0 Å². The fourth-order valence-corrected chi connectivity index (χ4v) is 6.07. The lowest BCUT2D eigenvalue weighted by atomic mass is 9.64. The third kappa shape index (κ3) is 4.40. The number of nitrogens with one attached hydrogen (secondary N) is 1. The van der Waals surface area contributed by atoms with Gasteiger partial charge in [0, 0.05) is 81.7 Å². The van der Waals surface area contributed by atoms with E-state index in [1.54, 1.807) is 16.8 Å². The van der Waals surface area contributed by atoms with Crippen molar-refractivity contribution in [2.75, 3.05) is 45.9 Å². The van der Waals surface area contributed by atoms with Gasteiger partial charge in [-0.25, -0.2) is 9.50 Å². The van der Waals surface area contributed by atoms with Crippen LogP contribution >= 0.6 is 0 Å². The number of aromatic nitrogens is 3. The quantitative estimate of drug-likeness (QED) is 0.447. The summed E-state index contributed by atoms with van der Waals surface area (Å²) in [5, 5.41) is 24.0. The lowest BCUT2D eigenvalue weighted by Gasteiger charge is -2.55. The lowest BCUT2D eigenvalue weighted by molar-refractivity contribution is -0.122. The number of hydrogen-bond acceptors (Lipinski definition) is 7. The van der Waals surface area contributed by atoms with Crippen LogP contribution in [0.2, 0.25) is 0 Å². The molecule has 4 fully saturated rings. The normalized spacial score (nSPS) is 28.7. The van der Waals surface area contributed by atoms with E-state index in [1.165, 1.54) is 5.56 Å². The van der Waals surface area contributed by atoms with Crippen molar-refractivity contribution in [3.05, 3.63) is 65.6 Å². The number of carboxylic acid groups (broad SMARTS) is 1. The predicted molar refractivity (Wildman–Crippen MR) is 128 cm³/mol. The summed E-state index contributed by atoms with van der Waals surface area (Å²) in [4.78, 5) is 31.3. The summed E-state index contributed by atoms with van der Waals surface area (Å²) in [6.07, 6.45) is 4.07. The minimum absolute atomic E-state index is 0.0560. The van der Waals surface area contributed by atoms with E-state index in [9.17, 15) is 9.90 Å². The number of fused-ring (bicyclic) bond motifs is 2. The lowest BCUT2D eigenvalue weighted by Crippen LogP contribution is -2.70. The van der Waals surface area contributed by atoms with Gasteiger partial charge in [0.1, 0.15) is 0 Å². The third-order valence-electron chi connectivity index (χ3n) is 7.43. The van der Waals surface area contributed by atoms with E-state index >= 15 is 0 Å². The first-order valence-corrected chi connectivity index (χ1v) is 11.9. The Morgan fingerprint density at radius 2 is 1.86 bits per heavy atom. The Morgan fingerprint density at radius 1 is 1.17 bits per heavy atom. The van der Waals surface area contributed by atoms with Gasteiger partial charge in [-0.05, 0) is 17.5 Å². The molecule has 3 atom stereocenters. The average molecular weight is 479 g/mol. The molecule has 10 heteroatoms. The minimum atomic E-state index is -0.250. The SMILES string of the molecule is O=C(NC1C2CN3CCN(C2)CC1(c1ccccc1)C3)c1cc2ncc(CCO)cn2n1.O=CO. The molecule has 6 heterocycles. The first-order chi connectivity index (χ1) is 17.1. The Morgan fingerprint density at radius 3 is 2.51 bits per heavy atom. The van der Waals surface area contributed by atoms with E-state index in [0.717, 1.165) is 44.8 Å². The molecule has 0 saturated carbocycles. The number of hydrogen-bond donors (Lipinski definition) is 3. The van der Waals surface area contributed by atoms with Crippen LogP contribution in [-0.4, -0.2) is 98.9 Å². The first-order valence-electron chi connectivity index (χ1n) is 11.9. The van der Waals surface area contributed by atoms with Crippen LogP contribution < -0.4 is 5.32 Å². The van der Waals surface area contributed by atoms with Crippen molar-refractivity contribution in [1.82, 2.24) is 29.7 Å². The molecule has 1 amide bonds. The smallest absolute Gasteiger partial charge is 0.290 e. The van der Waals surface area contributed by atoms with E-state index in [-0.39, 0.29) is 30.4 Å². The molecule has 2 aromatic heterocycles. The summed E-state index contributed by atoms with van der Waals surface area (Å²) in [5.41, 5.74) is 3.08. The van der Waals surface area contributed by atoms with Gasteiger partial charge in [0.25, 0.3) is 12.4 Å². The zero-order chi connectivity index (χ0) is 24.4. The highest BCUT2D eigenvalue weighted by atomic mass is 16.3. The molecule has 4 aliphatic heterocycles. The molecule has 3 unspecified atom stereocenters. The maximum absolute atomic E-state index is 13.4. The number of amides is 1. The van der Waals surface area contributed by atoms with Gasteiger partial charge in [0.15, 0.2) is 11.3 Å². The number of aliphatic hydroxyl groups is 1. The highest BCUT2D eigenvalue weighted by Gasteiger charge is 2.55. The second kappa shape index (κ2) is 9.73. The molecule has 4 aliphatic rings. The van der Waals surface area contributed by atoms with Crippen molar-refractivity contribution in [3.8, 4) is 0 Å². The molecule has 3 aromatic rings. The van der Waals surface area contributed by atoms with Crippen LogP contribution in [0.1, 0.15) is 21.6 Å². The van der Waals surface area contributed by atoms with Crippen LogP contribution in [0.3, 0.4) is 0 Å². The van der Waals surface area contributed by atoms with Crippen LogP contribution in [0.4, 0.5) is 0 Å². The molecule has 184 valence electrons. The molecule has 1 aromatic carbocycles. The monoisotopic (exact) mass is 478 g/mol. The first kappa shape index (κ1) is 23.4. The van der Waals surface area contributed by atoms with Crippen LogP contribution in [0.25, 0.3) is 5.65 Å². The number of nitrogens with zero attached hydrogens (tertiary/aromatic N) is 5. The number of carbonyl (C=O) groups is 2. The molecular formula is C25H30N6O4. The van der Waals surface area contributed by atoms with Crippen LogP contribution in [0.15, 0.2) is 48.8 Å². The second-order valence-corrected chi connectivity index (χ2v) is 9.58. The van der Waals surface area contributed by atoms with Crippen molar-refractivity contribution in [2.24, 2.45) is 5.92 Å². The molecule has 10 nitrogen and oxygen atoms in total. The predicted octanol–water partition coefficient (Wildman–Crippen LogP) is 0.262. The van der Waals surface area contributed by atoms with Crippen LogP contribution in [-0.2, 0) is 16.6 Å². The number of carbonyl (C=O) groups excluding carboxylic acids is 1. The molecule has 4 saturated heterocycles. The molecular weight excluding hydrogens is 448 g/mol. The van der Waals surface area contributed by atoms with E-state index < -0.39 is 0 Å². The number of benzene rings is 1. The van der Waals surface area contributed by atoms with Gasteiger partial charge in [-0.3, -0.25) is 9.59 Å². The van der Waals surface area contributed by atoms with Gasteiger partial charge in [-0.15, -0.1) is 0 Å². The van der Waals surface area contributed by atoms with Gasteiger partial charge < -0.3 is 25.3 Å².